The Morgan fingerprint density at radius 3 is 2.48 bits per heavy atom. The fourth-order valence-electron chi connectivity index (χ4n) is 1.62. The van der Waals surface area contributed by atoms with E-state index in [0.717, 1.165) is 0 Å². The van der Waals surface area contributed by atoms with Crippen LogP contribution in [0.5, 0.6) is 0 Å². The molecule has 0 unspecified atom stereocenters. The number of nitrogens with zero attached hydrogens (tertiary/aromatic N) is 1. The van der Waals surface area contributed by atoms with E-state index in [0.29, 0.717) is 4.60 Å². The van der Waals surface area contributed by atoms with Gasteiger partial charge in [0, 0.05) is 6.20 Å². The third-order valence-electron chi connectivity index (χ3n) is 2.56. The third kappa shape index (κ3) is 3.34. The zero-order chi connectivity index (χ0) is 15.6. The molecule has 1 amide bonds. The minimum Gasteiger partial charge on any atom is -0.478 e. The Labute approximate surface area is 138 Å². The van der Waals surface area contributed by atoms with E-state index in [-0.39, 0.29) is 26.9 Å². The van der Waals surface area contributed by atoms with Crippen LogP contribution in [-0.2, 0) is 0 Å². The number of amides is 1. The van der Waals surface area contributed by atoms with Gasteiger partial charge in [-0.25, -0.2) is 9.78 Å². The van der Waals surface area contributed by atoms with Gasteiger partial charge in [0.25, 0.3) is 5.91 Å². The fraction of sp³-hybridized carbons (Fsp3) is 0. The Morgan fingerprint density at radius 2 is 1.86 bits per heavy atom. The summed E-state index contributed by atoms with van der Waals surface area (Å²) in [6.45, 7) is 0. The maximum absolute atomic E-state index is 12.2. The number of pyridine rings is 1. The highest BCUT2D eigenvalue weighted by atomic mass is 79.9. The first-order valence-corrected chi connectivity index (χ1v) is 7.10. The van der Waals surface area contributed by atoms with Gasteiger partial charge in [0.1, 0.15) is 10.2 Å². The van der Waals surface area contributed by atoms with E-state index in [9.17, 15) is 14.7 Å². The van der Waals surface area contributed by atoms with Gasteiger partial charge in [0.05, 0.1) is 21.3 Å². The topological polar surface area (TPSA) is 79.3 Å². The van der Waals surface area contributed by atoms with Crippen LogP contribution in [0.2, 0.25) is 10.0 Å². The summed E-state index contributed by atoms with van der Waals surface area (Å²) in [6, 6.07) is 5.87. The van der Waals surface area contributed by atoms with Crippen molar-refractivity contribution >= 4 is 56.7 Å². The maximum atomic E-state index is 12.2. The number of rotatable bonds is 3. The van der Waals surface area contributed by atoms with Crippen molar-refractivity contribution in [2.45, 2.75) is 0 Å². The molecule has 0 aliphatic carbocycles. The zero-order valence-electron chi connectivity index (χ0n) is 10.2. The average molecular weight is 390 g/mol. The first-order valence-electron chi connectivity index (χ1n) is 5.55. The molecule has 0 radical (unpaired) electrons. The Bertz CT molecular complexity index is 737. The number of carboxylic acids is 1. The molecule has 0 spiro atoms. The van der Waals surface area contributed by atoms with Gasteiger partial charge in [-0.2, -0.15) is 0 Å². The van der Waals surface area contributed by atoms with E-state index >= 15 is 0 Å². The van der Waals surface area contributed by atoms with Gasteiger partial charge in [0.2, 0.25) is 0 Å². The van der Waals surface area contributed by atoms with Crippen LogP contribution in [0, 0.1) is 0 Å². The second-order valence-corrected chi connectivity index (χ2v) is 5.45. The summed E-state index contributed by atoms with van der Waals surface area (Å²) in [5.74, 6) is -1.84. The second kappa shape index (κ2) is 6.43. The van der Waals surface area contributed by atoms with Crippen LogP contribution >= 0.6 is 39.1 Å². The third-order valence-corrected chi connectivity index (χ3v) is 3.82. The SMILES string of the molecule is O=C(Nc1c(Cl)ccc(Cl)c1C(=O)O)c1cccnc1Br. The number of hydrogen-bond acceptors (Lipinski definition) is 3. The van der Waals surface area contributed by atoms with Crippen molar-refractivity contribution in [1.29, 1.82) is 0 Å². The van der Waals surface area contributed by atoms with Crippen molar-refractivity contribution < 1.29 is 14.7 Å². The standard InChI is InChI=1S/C13H7BrCl2N2O3/c14-11-6(2-1-5-17-11)12(19)18-10-8(16)4-3-7(15)9(10)13(20)21/h1-5H,(H,18,19)(H,20,21). The van der Waals surface area contributed by atoms with Gasteiger partial charge in [-0.1, -0.05) is 23.2 Å². The molecular weight excluding hydrogens is 383 g/mol. The van der Waals surface area contributed by atoms with Gasteiger partial charge in [-0.15, -0.1) is 0 Å². The number of carbonyl (C=O) groups excluding carboxylic acids is 1. The molecule has 0 fully saturated rings. The molecule has 0 aliphatic heterocycles. The summed E-state index contributed by atoms with van der Waals surface area (Å²) >= 11 is 14.9. The second-order valence-electron chi connectivity index (χ2n) is 3.88. The van der Waals surface area contributed by atoms with Crippen LogP contribution in [0.1, 0.15) is 20.7 Å². The number of aromatic carboxylic acids is 1. The van der Waals surface area contributed by atoms with Crippen LogP contribution in [0.3, 0.4) is 0 Å². The number of hydrogen-bond donors (Lipinski definition) is 2. The predicted molar refractivity (Wildman–Crippen MR) is 83.3 cm³/mol. The summed E-state index contributed by atoms with van der Waals surface area (Å²) in [7, 11) is 0. The van der Waals surface area contributed by atoms with Crippen LogP contribution in [-0.4, -0.2) is 22.0 Å². The molecule has 2 aromatic rings. The van der Waals surface area contributed by atoms with Crippen molar-refractivity contribution in [3.05, 3.63) is 56.2 Å². The highest BCUT2D eigenvalue weighted by Crippen LogP contribution is 2.32. The highest BCUT2D eigenvalue weighted by molar-refractivity contribution is 9.10. The smallest absolute Gasteiger partial charge is 0.339 e. The Kier molecular flexibility index (Phi) is 4.82. The number of benzene rings is 1. The lowest BCUT2D eigenvalue weighted by molar-refractivity contribution is 0.0698. The molecule has 0 atom stereocenters. The molecule has 1 aromatic heterocycles. The van der Waals surface area contributed by atoms with Crippen molar-refractivity contribution in [1.82, 2.24) is 4.98 Å². The lowest BCUT2D eigenvalue weighted by Gasteiger charge is -2.12. The lowest BCUT2D eigenvalue weighted by Crippen LogP contribution is -2.16. The normalized spacial score (nSPS) is 10.2. The Morgan fingerprint density at radius 1 is 1.19 bits per heavy atom. The molecule has 8 heteroatoms. The number of carbonyl (C=O) groups is 2. The van der Waals surface area contributed by atoms with Gasteiger partial charge in [-0.3, -0.25) is 4.79 Å². The van der Waals surface area contributed by atoms with E-state index in [1.54, 1.807) is 6.07 Å². The number of nitrogens with one attached hydrogen (secondary N) is 1. The molecule has 0 saturated carbocycles. The Balaban J connectivity index is 2.45. The summed E-state index contributed by atoms with van der Waals surface area (Å²) in [5.41, 5.74) is -0.0835. The molecule has 2 rings (SSSR count). The van der Waals surface area contributed by atoms with E-state index in [1.807, 2.05) is 0 Å². The summed E-state index contributed by atoms with van der Waals surface area (Å²) in [6.07, 6.45) is 1.51. The van der Waals surface area contributed by atoms with Crippen LogP contribution < -0.4 is 5.32 Å². The van der Waals surface area contributed by atoms with Crippen molar-refractivity contribution in [2.75, 3.05) is 5.32 Å². The van der Waals surface area contributed by atoms with Gasteiger partial charge in [0.15, 0.2) is 0 Å². The predicted octanol–water partition coefficient (Wildman–Crippen LogP) is 4.10. The molecule has 5 nitrogen and oxygen atoms in total. The maximum Gasteiger partial charge on any atom is 0.339 e. The molecular formula is C13H7BrCl2N2O3. The first-order chi connectivity index (χ1) is 9.91. The minimum atomic E-state index is -1.29. The molecule has 21 heavy (non-hydrogen) atoms. The van der Waals surface area contributed by atoms with E-state index in [4.69, 9.17) is 23.2 Å². The fourth-order valence-corrected chi connectivity index (χ4v) is 2.49. The number of carboxylic acid groups (broad SMARTS) is 1. The molecule has 0 aliphatic rings. The largest absolute Gasteiger partial charge is 0.478 e. The average Bonchev–Trinajstić information content (AvgIpc) is 2.43. The van der Waals surface area contributed by atoms with E-state index in [1.165, 1.54) is 24.4 Å². The molecule has 0 saturated heterocycles. The lowest BCUT2D eigenvalue weighted by atomic mass is 10.1. The van der Waals surface area contributed by atoms with Crippen LogP contribution in [0.15, 0.2) is 35.1 Å². The van der Waals surface area contributed by atoms with Gasteiger partial charge >= 0.3 is 5.97 Å². The monoisotopic (exact) mass is 388 g/mol. The number of aromatic nitrogens is 1. The Hall–Kier alpha value is -1.63. The van der Waals surface area contributed by atoms with Crippen LogP contribution in [0.4, 0.5) is 5.69 Å². The van der Waals surface area contributed by atoms with Crippen molar-refractivity contribution in [2.24, 2.45) is 0 Å². The molecule has 0 bridgehead atoms. The van der Waals surface area contributed by atoms with Crippen molar-refractivity contribution in [3.8, 4) is 0 Å². The first kappa shape index (κ1) is 15.8. The zero-order valence-corrected chi connectivity index (χ0v) is 13.3. The minimum absolute atomic E-state index is 0.0209. The number of anilines is 1. The molecule has 1 aromatic carbocycles. The summed E-state index contributed by atoms with van der Waals surface area (Å²) < 4.78 is 0.331. The molecule has 1 heterocycles. The molecule has 2 N–H and O–H groups in total. The van der Waals surface area contributed by atoms with E-state index in [2.05, 4.69) is 26.2 Å². The quantitative estimate of drug-likeness (QED) is 0.774. The van der Waals surface area contributed by atoms with Crippen LogP contribution in [0.25, 0.3) is 0 Å². The highest BCUT2D eigenvalue weighted by Gasteiger charge is 2.21. The van der Waals surface area contributed by atoms with Gasteiger partial charge in [-0.05, 0) is 40.2 Å². The summed E-state index contributed by atoms with van der Waals surface area (Å²) in [4.78, 5) is 27.4. The van der Waals surface area contributed by atoms with E-state index < -0.39 is 11.9 Å². The summed E-state index contributed by atoms with van der Waals surface area (Å²) in [5, 5.41) is 11.7. The van der Waals surface area contributed by atoms with Crippen molar-refractivity contribution in [3.63, 3.8) is 0 Å². The molecule has 108 valence electrons. The number of halogens is 3. The van der Waals surface area contributed by atoms with Gasteiger partial charge < -0.3 is 10.4 Å².